The molecule has 2 nitrogen and oxygen atoms in total. The van der Waals surface area contributed by atoms with Crippen LogP contribution in [0.5, 0.6) is 0 Å². The van der Waals surface area contributed by atoms with Crippen LogP contribution in [0.3, 0.4) is 0 Å². The molecule has 1 unspecified atom stereocenters. The van der Waals surface area contributed by atoms with Crippen molar-refractivity contribution in [2.75, 3.05) is 0 Å². The van der Waals surface area contributed by atoms with Gasteiger partial charge in [0.2, 0.25) is 0 Å². The van der Waals surface area contributed by atoms with Gasteiger partial charge in [0.1, 0.15) is 11.6 Å². The number of halogens is 2. The van der Waals surface area contributed by atoms with Crippen LogP contribution in [0, 0.1) is 11.6 Å². The lowest BCUT2D eigenvalue weighted by Gasteiger charge is -2.15. The van der Waals surface area contributed by atoms with E-state index in [0.29, 0.717) is 6.54 Å². The third-order valence-electron chi connectivity index (χ3n) is 2.63. The van der Waals surface area contributed by atoms with E-state index in [2.05, 4.69) is 5.32 Å². The molecule has 0 saturated carbocycles. The summed E-state index contributed by atoms with van der Waals surface area (Å²) in [5.74, 6) is -1.06. The predicted octanol–water partition coefficient (Wildman–Crippen LogP) is 3.41. The Kier molecular flexibility index (Phi) is 3.54. The van der Waals surface area contributed by atoms with E-state index in [1.807, 2.05) is 0 Å². The van der Waals surface area contributed by atoms with Gasteiger partial charge in [-0.25, -0.2) is 8.78 Å². The number of furan rings is 1. The monoisotopic (exact) mass is 237 g/mol. The molecular weight excluding hydrogens is 224 g/mol. The van der Waals surface area contributed by atoms with E-state index in [1.54, 1.807) is 25.5 Å². The van der Waals surface area contributed by atoms with Crippen LogP contribution < -0.4 is 5.32 Å². The Bertz CT molecular complexity index is 462. The van der Waals surface area contributed by atoms with Gasteiger partial charge < -0.3 is 9.73 Å². The minimum Gasteiger partial charge on any atom is -0.472 e. The number of rotatable bonds is 4. The first-order valence-corrected chi connectivity index (χ1v) is 5.37. The minimum absolute atomic E-state index is 0.0657. The average Bonchev–Trinajstić information content (AvgIpc) is 2.79. The quantitative estimate of drug-likeness (QED) is 0.881. The Balaban J connectivity index is 2.07. The molecular formula is C13H13F2NO. The molecule has 0 aliphatic rings. The van der Waals surface area contributed by atoms with Gasteiger partial charge in [0.15, 0.2) is 0 Å². The SMILES string of the molecule is CC(NCc1ccoc1)c1c(F)cccc1F. The summed E-state index contributed by atoms with van der Waals surface area (Å²) in [6.07, 6.45) is 3.16. The van der Waals surface area contributed by atoms with Crippen LogP contribution in [0.25, 0.3) is 0 Å². The molecule has 1 N–H and O–H groups in total. The van der Waals surface area contributed by atoms with Crippen molar-refractivity contribution in [3.05, 3.63) is 59.6 Å². The Labute approximate surface area is 98.3 Å². The molecule has 1 atom stereocenters. The standard InChI is InChI=1S/C13H13F2NO/c1-9(16-7-10-5-6-17-8-10)13-11(14)3-2-4-12(13)15/h2-6,8-9,16H,7H2,1H3. The second-order valence-electron chi connectivity index (χ2n) is 3.87. The molecule has 0 amide bonds. The molecule has 2 rings (SSSR count). The van der Waals surface area contributed by atoms with Crippen molar-refractivity contribution < 1.29 is 13.2 Å². The Morgan fingerprint density at radius 3 is 2.53 bits per heavy atom. The molecule has 17 heavy (non-hydrogen) atoms. The second-order valence-corrected chi connectivity index (χ2v) is 3.87. The van der Waals surface area contributed by atoms with Crippen LogP contribution in [0.1, 0.15) is 24.1 Å². The number of hydrogen-bond donors (Lipinski definition) is 1. The molecule has 1 aromatic carbocycles. The lowest BCUT2D eigenvalue weighted by Crippen LogP contribution is -2.20. The third-order valence-corrected chi connectivity index (χ3v) is 2.63. The fraction of sp³-hybridized carbons (Fsp3) is 0.231. The molecule has 1 heterocycles. The van der Waals surface area contributed by atoms with E-state index in [1.165, 1.54) is 18.2 Å². The smallest absolute Gasteiger partial charge is 0.130 e. The van der Waals surface area contributed by atoms with Crippen LogP contribution in [0.15, 0.2) is 41.2 Å². The molecule has 1 aromatic heterocycles. The van der Waals surface area contributed by atoms with Gasteiger partial charge in [-0.2, -0.15) is 0 Å². The largest absolute Gasteiger partial charge is 0.472 e. The lowest BCUT2D eigenvalue weighted by atomic mass is 10.1. The molecule has 0 spiro atoms. The van der Waals surface area contributed by atoms with Crippen LogP contribution >= 0.6 is 0 Å². The van der Waals surface area contributed by atoms with Gasteiger partial charge in [-0.15, -0.1) is 0 Å². The van der Waals surface area contributed by atoms with Crippen molar-refractivity contribution in [3.8, 4) is 0 Å². The normalized spacial score (nSPS) is 12.6. The van der Waals surface area contributed by atoms with Crippen molar-refractivity contribution in [1.82, 2.24) is 5.32 Å². The van der Waals surface area contributed by atoms with E-state index >= 15 is 0 Å². The summed E-state index contributed by atoms with van der Waals surface area (Å²) in [6, 6.07) is 5.28. The zero-order valence-electron chi connectivity index (χ0n) is 9.41. The average molecular weight is 237 g/mol. The molecule has 0 aliphatic heterocycles. The number of benzene rings is 1. The molecule has 0 bridgehead atoms. The highest BCUT2D eigenvalue weighted by Gasteiger charge is 2.15. The maximum absolute atomic E-state index is 13.5. The zero-order chi connectivity index (χ0) is 12.3. The maximum atomic E-state index is 13.5. The highest BCUT2D eigenvalue weighted by Crippen LogP contribution is 2.20. The second kappa shape index (κ2) is 5.10. The molecule has 0 aliphatic carbocycles. The van der Waals surface area contributed by atoms with Gasteiger partial charge in [-0.1, -0.05) is 6.07 Å². The van der Waals surface area contributed by atoms with Crippen LogP contribution in [-0.4, -0.2) is 0 Å². The van der Waals surface area contributed by atoms with Gasteiger partial charge in [0, 0.05) is 23.7 Å². The van der Waals surface area contributed by atoms with Gasteiger partial charge in [0.05, 0.1) is 12.5 Å². The van der Waals surface area contributed by atoms with Crippen LogP contribution in [0.2, 0.25) is 0 Å². The van der Waals surface area contributed by atoms with Crippen molar-refractivity contribution in [2.45, 2.75) is 19.5 Å². The van der Waals surface area contributed by atoms with Gasteiger partial charge in [-0.05, 0) is 25.1 Å². The molecule has 0 radical (unpaired) electrons. The first-order chi connectivity index (χ1) is 8.18. The first-order valence-electron chi connectivity index (χ1n) is 5.37. The van der Waals surface area contributed by atoms with E-state index < -0.39 is 17.7 Å². The van der Waals surface area contributed by atoms with Gasteiger partial charge >= 0.3 is 0 Å². The molecule has 90 valence electrons. The van der Waals surface area contributed by atoms with Crippen molar-refractivity contribution >= 4 is 0 Å². The van der Waals surface area contributed by atoms with Gasteiger partial charge in [0.25, 0.3) is 0 Å². The molecule has 2 aromatic rings. The lowest BCUT2D eigenvalue weighted by molar-refractivity contribution is 0.485. The van der Waals surface area contributed by atoms with E-state index in [4.69, 9.17) is 4.42 Å². The Morgan fingerprint density at radius 2 is 1.94 bits per heavy atom. The van der Waals surface area contributed by atoms with Crippen LogP contribution in [-0.2, 0) is 6.54 Å². The van der Waals surface area contributed by atoms with Crippen molar-refractivity contribution in [1.29, 1.82) is 0 Å². The number of nitrogens with one attached hydrogen (secondary N) is 1. The number of hydrogen-bond acceptors (Lipinski definition) is 2. The maximum Gasteiger partial charge on any atom is 0.130 e. The zero-order valence-corrected chi connectivity index (χ0v) is 9.41. The highest BCUT2D eigenvalue weighted by molar-refractivity contribution is 5.23. The summed E-state index contributed by atoms with van der Waals surface area (Å²) in [4.78, 5) is 0. The summed E-state index contributed by atoms with van der Waals surface area (Å²) in [7, 11) is 0. The van der Waals surface area contributed by atoms with Crippen LogP contribution in [0.4, 0.5) is 8.78 Å². The summed E-state index contributed by atoms with van der Waals surface area (Å²) in [6.45, 7) is 2.23. The summed E-state index contributed by atoms with van der Waals surface area (Å²) < 4.78 is 31.8. The Hall–Kier alpha value is -1.68. The molecule has 0 fully saturated rings. The highest BCUT2D eigenvalue weighted by atomic mass is 19.1. The minimum atomic E-state index is -0.530. The molecule has 4 heteroatoms. The van der Waals surface area contributed by atoms with Crippen molar-refractivity contribution in [2.24, 2.45) is 0 Å². The topological polar surface area (TPSA) is 25.2 Å². The van der Waals surface area contributed by atoms with E-state index in [0.717, 1.165) is 5.56 Å². The van der Waals surface area contributed by atoms with E-state index in [9.17, 15) is 8.78 Å². The predicted molar refractivity (Wildman–Crippen MR) is 60.3 cm³/mol. The van der Waals surface area contributed by atoms with E-state index in [-0.39, 0.29) is 5.56 Å². The summed E-state index contributed by atoms with van der Waals surface area (Å²) in [5, 5.41) is 3.04. The van der Waals surface area contributed by atoms with Gasteiger partial charge in [-0.3, -0.25) is 0 Å². The first kappa shape index (κ1) is 11.8. The summed E-state index contributed by atoms with van der Waals surface area (Å²) in [5.41, 5.74) is 1.00. The molecule has 0 saturated heterocycles. The third kappa shape index (κ3) is 2.71. The van der Waals surface area contributed by atoms with Crippen molar-refractivity contribution in [3.63, 3.8) is 0 Å². The fourth-order valence-corrected chi connectivity index (χ4v) is 1.69. The summed E-state index contributed by atoms with van der Waals surface area (Å²) >= 11 is 0. The fourth-order valence-electron chi connectivity index (χ4n) is 1.69. The Morgan fingerprint density at radius 1 is 1.24 bits per heavy atom.